The van der Waals surface area contributed by atoms with Gasteiger partial charge in [-0.2, -0.15) is 0 Å². The van der Waals surface area contributed by atoms with E-state index in [9.17, 15) is 14.7 Å². The first kappa shape index (κ1) is 79.3. The monoisotopic (exact) mass is 1020 g/mol. The van der Waals surface area contributed by atoms with Gasteiger partial charge in [0.1, 0.15) is 0 Å². The van der Waals surface area contributed by atoms with E-state index in [-0.39, 0.29) is 34.0 Å². The van der Waals surface area contributed by atoms with Crippen LogP contribution in [0.15, 0.2) is 0 Å². The van der Waals surface area contributed by atoms with Gasteiger partial charge in [0, 0.05) is 48.1 Å². The number of hydrogen-bond donors (Lipinski definition) is 7. The first-order chi connectivity index (χ1) is 32.0. The van der Waals surface area contributed by atoms with Gasteiger partial charge in [0.2, 0.25) is 0 Å². The molecule has 0 radical (unpaired) electrons. The number of hydrogen-bond acceptors (Lipinski definition) is 7. The van der Waals surface area contributed by atoms with Gasteiger partial charge in [-0.1, -0.05) is 170 Å². The second-order valence-corrected chi connectivity index (χ2v) is 23.4. The molecular weight excluding hydrogens is 887 g/mol. The molecule has 0 aliphatic heterocycles. The van der Waals surface area contributed by atoms with E-state index in [4.69, 9.17) is 20.4 Å². The van der Waals surface area contributed by atoms with Crippen LogP contribution in [-0.2, 0) is 21.7 Å². The van der Waals surface area contributed by atoms with E-state index in [1.807, 2.05) is 0 Å². The second-order valence-electron chi connectivity index (χ2n) is 19.8. The first-order valence-electron chi connectivity index (χ1n) is 29.7. The van der Waals surface area contributed by atoms with Crippen LogP contribution in [0.3, 0.4) is 0 Å². The molecule has 67 heavy (non-hydrogen) atoms. The summed E-state index contributed by atoms with van der Waals surface area (Å²) in [5, 5.41) is 33.7. The minimum absolute atomic E-state index is 0. The van der Waals surface area contributed by atoms with Gasteiger partial charge in [0.25, 0.3) is 0 Å². The number of aliphatic hydroxyl groups excluding tert-OH is 4. The molecular formula is C58H129O7PTi. The average molecular weight is 1020 g/mol. The normalized spacial score (nSPS) is 11.4. The van der Waals surface area contributed by atoms with Gasteiger partial charge in [-0.25, -0.2) is 0 Å². The Hall–Kier alpha value is 0.864. The average Bonchev–Trinajstić information content (AvgIpc) is 3.30. The number of unbranched alkanes of at least 4 members (excludes halogenated alkanes) is 40. The van der Waals surface area contributed by atoms with Crippen molar-refractivity contribution in [2.24, 2.45) is 0 Å². The summed E-state index contributed by atoms with van der Waals surface area (Å²) in [4.78, 5) is 30.9. The Kier molecular flexibility index (Phi) is 86.8. The predicted octanol–water partition coefficient (Wildman–Crippen LogP) is 18.2. The fourth-order valence-corrected chi connectivity index (χ4v) is 9.85. The topological polar surface area (TPSA) is 142 Å². The Balaban J connectivity index is -0.000000204. The van der Waals surface area contributed by atoms with Crippen LogP contribution in [0.1, 0.15) is 337 Å². The van der Waals surface area contributed by atoms with E-state index in [1.54, 1.807) is 0 Å². The molecule has 0 atom stereocenters. The molecule has 0 aliphatic rings. The van der Waals surface area contributed by atoms with E-state index in [0.29, 0.717) is 26.4 Å². The second kappa shape index (κ2) is 73.4. The van der Waals surface area contributed by atoms with Crippen LogP contribution in [0.5, 0.6) is 0 Å². The minimum atomic E-state index is -4.36. The molecule has 0 aromatic heterocycles. The number of rotatable bonds is 48. The van der Waals surface area contributed by atoms with Crippen molar-refractivity contribution in [1.82, 2.24) is 0 Å². The fraction of sp³-hybridized carbons (Fsp3) is 1.00. The number of aliphatic hydroxyl groups is 4. The molecule has 0 heterocycles. The Morgan fingerprint density at radius 2 is 0.313 bits per heavy atom. The van der Waals surface area contributed by atoms with Gasteiger partial charge in [-0.05, 0) is 25.7 Å². The molecule has 0 saturated heterocycles. The molecule has 0 amide bonds. The van der Waals surface area contributed by atoms with Crippen LogP contribution in [0.2, 0.25) is 0 Å². The maximum absolute atomic E-state index is 10.3. The molecule has 0 saturated carbocycles. The molecule has 9 heteroatoms. The van der Waals surface area contributed by atoms with E-state index < -0.39 is 7.28 Å². The zero-order valence-electron chi connectivity index (χ0n) is 46.8. The quantitative estimate of drug-likeness (QED) is 0.0183. The van der Waals surface area contributed by atoms with Gasteiger partial charge >= 0.3 is 176 Å². The molecule has 7 nitrogen and oxygen atoms in total. The van der Waals surface area contributed by atoms with E-state index in [1.165, 1.54) is 231 Å². The summed E-state index contributed by atoms with van der Waals surface area (Å²) in [6, 6.07) is 0. The van der Waals surface area contributed by atoms with Crippen LogP contribution in [0, 0.1) is 0 Å². The van der Waals surface area contributed by atoms with Crippen LogP contribution in [0.25, 0.3) is 0 Å². The summed E-state index contributed by atoms with van der Waals surface area (Å²) in [5.41, 5.74) is 0. The Bertz CT molecular complexity index is 661. The zero-order chi connectivity index (χ0) is 50.2. The summed E-state index contributed by atoms with van der Waals surface area (Å²) in [7, 11) is -4.36. The minimum Gasteiger partial charge on any atom is -0.396 e. The molecule has 0 aromatic rings. The molecule has 0 rings (SSSR count). The Morgan fingerprint density at radius 1 is 0.194 bits per heavy atom. The predicted molar refractivity (Wildman–Crippen MR) is 298 cm³/mol. The van der Waals surface area contributed by atoms with E-state index in [2.05, 4.69) is 41.5 Å². The van der Waals surface area contributed by atoms with Gasteiger partial charge in [-0.3, -0.25) is 0 Å². The van der Waals surface area contributed by atoms with Crippen molar-refractivity contribution in [2.75, 3.05) is 38.8 Å². The van der Waals surface area contributed by atoms with E-state index >= 15 is 0 Å². The Labute approximate surface area is 437 Å². The molecule has 0 unspecified atom stereocenters. The summed E-state index contributed by atoms with van der Waals surface area (Å²) in [5.74, 6) is 0. The smallest absolute Gasteiger partial charge is 0.396 e. The molecule has 0 bridgehead atoms. The van der Waals surface area contributed by atoms with Crippen molar-refractivity contribution in [3.05, 3.63) is 0 Å². The standard InChI is InChI=1S/C26H57O3P.4C8H18O.Ti/c1-3-5-7-9-11-13-15-17-19-21-23-25-30(27,28,29)26-24-22-20-18-16-14-12-10-8-6-4-2;4*1-2-3-4-5-6-7-8-9;/h27-29H,3-26H2,1-2H3;4*9H,2-8H2,1H3;. The van der Waals surface area contributed by atoms with Crippen molar-refractivity contribution in [1.29, 1.82) is 0 Å². The molecule has 0 spiro atoms. The fourth-order valence-electron chi connectivity index (χ4n) is 7.88. The molecule has 0 aliphatic carbocycles. The van der Waals surface area contributed by atoms with Crippen molar-refractivity contribution in [3.63, 3.8) is 0 Å². The van der Waals surface area contributed by atoms with Crippen LogP contribution >= 0.6 is 7.28 Å². The molecule has 0 fully saturated rings. The maximum atomic E-state index is 10.3. The third-order valence-electron chi connectivity index (χ3n) is 12.5. The van der Waals surface area contributed by atoms with Gasteiger partial charge in [-0.15, -0.1) is 0 Å². The summed E-state index contributed by atoms with van der Waals surface area (Å²) in [6.45, 7) is 14.8. The van der Waals surface area contributed by atoms with Gasteiger partial charge < -0.3 is 20.4 Å². The molecule has 0 aromatic carbocycles. The SMILES string of the molecule is CCCCCCCCCCCCCP(O)(O)(O)CCCCCCCCCCCCC.CCCCCCCCO.CCCCCCCCO.CCCCCCCCO.CCCCCCCCO.[Ti]. The first-order valence-corrected chi connectivity index (χ1v) is 32.2. The molecule has 412 valence electrons. The van der Waals surface area contributed by atoms with Crippen LogP contribution in [-0.4, -0.2) is 73.9 Å². The van der Waals surface area contributed by atoms with Crippen molar-refractivity contribution in [3.8, 4) is 0 Å². The zero-order valence-corrected chi connectivity index (χ0v) is 49.3. The molecule has 7 N–H and O–H groups in total. The van der Waals surface area contributed by atoms with Crippen LogP contribution < -0.4 is 0 Å². The summed E-state index contributed by atoms with van der Waals surface area (Å²) in [6.07, 6.45) is 57.6. The van der Waals surface area contributed by atoms with Gasteiger partial charge in [0.05, 0.1) is 0 Å². The van der Waals surface area contributed by atoms with Crippen molar-refractivity contribution in [2.45, 2.75) is 337 Å². The van der Waals surface area contributed by atoms with Crippen molar-refractivity contribution < 1.29 is 56.8 Å². The third-order valence-corrected chi connectivity index (χ3v) is 15.0. The third kappa shape index (κ3) is 93.5. The summed E-state index contributed by atoms with van der Waals surface area (Å²) >= 11 is 0. The van der Waals surface area contributed by atoms with Gasteiger partial charge in [0.15, 0.2) is 0 Å². The van der Waals surface area contributed by atoms with Crippen LogP contribution in [0.4, 0.5) is 0 Å². The van der Waals surface area contributed by atoms with E-state index in [0.717, 1.165) is 64.2 Å². The Morgan fingerprint density at radius 3 is 0.448 bits per heavy atom. The summed E-state index contributed by atoms with van der Waals surface area (Å²) < 4.78 is 0. The van der Waals surface area contributed by atoms with Crippen molar-refractivity contribution >= 4 is 7.28 Å².